The van der Waals surface area contributed by atoms with Crippen LogP contribution in [0.15, 0.2) is 4.47 Å². The Bertz CT molecular complexity index is 323. The average molecular weight is 258 g/mol. The van der Waals surface area contributed by atoms with Crippen LogP contribution in [0.4, 0.5) is 5.82 Å². The smallest absolute Gasteiger partial charge is 0.144 e. The minimum atomic E-state index is 0.406. The number of nitrogens with zero attached hydrogens (tertiary/aromatic N) is 2. The highest BCUT2D eigenvalue weighted by molar-refractivity contribution is 9.10. The number of aryl methyl sites for hydroxylation is 1. The lowest BCUT2D eigenvalue weighted by atomic mass is 10.1. The molecule has 0 aromatic carbocycles. The maximum atomic E-state index is 4.42. The fraction of sp³-hybridized carbons (Fsp3) is 0.600. The molecule has 0 aliphatic carbocycles. The molecule has 0 amide bonds. The highest BCUT2D eigenvalue weighted by Gasteiger charge is 2.12. The van der Waals surface area contributed by atoms with Gasteiger partial charge >= 0.3 is 0 Å². The third-order valence-corrected chi connectivity index (χ3v) is 2.66. The van der Waals surface area contributed by atoms with E-state index in [0.717, 1.165) is 28.4 Å². The van der Waals surface area contributed by atoms with Crippen LogP contribution in [0.25, 0.3) is 0 Å². The number of halogens is 1. The van der Waals surface area contributed by atoms with E-state index in [1.54, 1.807) is 0 Å². The Morgan fingerprint density at radius 1 is 1.36 bits per heavy atom. The van der Waals surface area contributed by atoms with Crippen LogP contribution in [-0.2, 0) is 0 Å². The molecule has 0 aliphatic rings. The fourth-order valence-electron chi connectivity index (χ4n) is 1.25. The zero-order valence-electron chi connectivity index (χ0n) is 9.06. The molecular weight excluding hydrogens is 242 g/mol. The third-order valence-electron chi connectivity index (χ3n) is 1.88. The van der Waals surface area contributed by atoms with Crippen molar-refractivity contribution in [1.29, 1.82) is 0 Å². The SMILES string of the molecule is CCNc1nc(C)nc(C(C)C)c1Br. The Hall–Kier alpha value is -0.640. The minimum Gasteiger partial charge on any atom is -0.369 e. The number of aromatic nitrogens is 2. The van der Waals surface area contributed by atoms with Gasteiger partial charge in [-0.05, 0) is 35.7 Å². The minimum absolute atomic E-state index is 0.406. The number of anilines is 1. The van der Waals surface area contributed by atoms with Gasteiger partial charge in [0.25, 0.3) is 0 Å². The second kappa shape index (κ2) is 4.73. The molecule has 0 spiro atoms. The zero-order valence-corrected chi connectivity index (χ0v) is 10.6. The second-order valence-corrected chi connectivity index (χ2v) is 4.30. The van der Waals surface area contributed by atoms with Crippen molar-refractivity contribution in [2.75, 3.05) is 11.9 Å². The van der Waals surface area contributed by atoms with Crippen LogP contribution in [-0.4, -0.2) is 16.5 Å². The maximum absolute atomic E-state index is 4.42. The van der Waals surface area contributed by atoms with E-state index in [9.17, 15) is 0 Å². The van der Waals surface area contributed by atoms with Gasteiger partial charge < -0.3 is 5.32 Å². The van der Waals surface area contributed by atoms with E-state index in [2.05, 4.69) is 52.0 Å². The van der Waals surface area contributed by atoms with E-state index < -0.39 is 0 Å². The van der Waals surface area contributed by atoms with Crippen molar-refractivity contribution in [1.82, 2.24) is 9.97 Å². The first-order valence-corrected chi connectivity index (χ1v) is 5.63. The summed E-state index contributed by atoms with van der Waals surface area (Å²) < 4.78 is 0.986. The van der Waals surface area contributed by atoms with Gasteiger partial charge in [-0.25, -0.2) is 9.97 Å². The first-order valence-electron chi connectivity index (χ1n) is 4.84. The van der Waals surface area contributed by atoms with Crippen molar-refractivity contribution in [2.45, 2.75) is 33.6 Å². The van der Waals surface area contributed by atoms with Crippen molar-refractivity contribution >= 4 is 21.7 Å². The molecule has 0 unspecified atom stereocenters. The predicted octanol–water partition coefficient (Wildman–Crippen LogP) is 3.10. The third kappa shape index (κ3) is 2.44. The highest BCUT2D eigenvalue weighted by Crippen LogP contribution is 2.28. The van der Waals surface area contributed by atoms with Gasteiger partial charge in [0.15, 0.2) is 0 Å². The Morgan fingerprint density at radius 3 is 2.50 bits per heavy atom. The number of rotatable bonds is 3. The first-order chi connectivity index (χ1) is 6.56. The predicted molar refractivity (Wildman–Crippen MR) is 62.7 cm³/mol. The van der Waals surface area contributed by atoms with Crippen LogP contribution in [0.5, 0.6) is 0 Å². The Labute approximate surface area is 93.5 Å². The molecule has 0 saturated heterocycles. The molecule has 1 aromatic rings. The summed E-state index contributed by atoms with van der Waals surface area (Å²) in [6, 6.07) is 0. The van der Waals surface area contributed by atoms with Crippen LogP contribution in [0.2, 0.25) is 0 Å². The van der Waals surface area contributed by atoms with Crippen LogP contribution in [0.1, 0.15) is 38.2 Å². The normalized spacial score (nSPS) is 10.7. The summed E-state index contributed by atoms with van der Waals surface area (Å²) in [7, 11) is 0. The summed E-state index contributed by atoms with van der Waals surface area (Å²) >= 11 is 3.53. The van der Waals surface area contributed by atoms with Gasteiger partial charge in [-0.15, -0.1) is 0 Å². The quantitative estimate of drug-likeness (QED) is 0.905. The van der Waals surface area contributed by atoms with E-state index in [1.807, 2.05) is 6.92 Å². The summed E-state index contributed by atoms with van der Waals surface area (Å²) in [4.78, 5) is 8.75. The Balaban J connectivity index is 3.18. The summed E-state index contributed by atoms with van der Waals surface area (Å²) in [5.74, 6) is 2.11. The average Bonchev–Trinajstić information content (AvgIpc) is 2.10. The molecule has 0 aliphatic heterocycles. The first kappa shape index (κ1) is 11.4. The Kier molecular flexibility index (Phi) is 3.86. The van der Waals surface area contributed by atoms with Crippen molar-refractivity contribution in [3.05, 3.63) is 16.0 Å². The number of hydrogen-bond acceptors (Lipinski definition) is 3. The van der Waals surface area contributed by atoms with Gasteiger partial charge in [0.05, 0.1) is 10.2 Å². The molecule has 3 nitrogen and oxygen atoms in total. The topological polar surface area (TPSA) is 37.8 Å². The molecule has 0 radical (unpaired) electrons. The number of hydrogen-bond donors (Lipinski definition) is 1. The molecule has 1 aromatic heterocycles. The van der Waals surface area contributed by atoms with E-state index in [-0.39, 0.29) is 0 Å². The van der Waals surface area contributed by atoms with Crippen LogP contribution >= 0.6 is 15.9 Å². The van der Waals surface area contributed by atoms with E-state index >= 15 is 0 Å². The van der Waals surface area contributed by atoms with Gasteiger partial charge in [-0.2, -0.15) is 0 Å². The molecule has 1 rings (SSSR count). The summed E-state index contributed by atoms with van der Waals surface area (Å²) in [5.41, 5.74) is 1.06. The zero-order chi connectivity index (χ0) is 10.7. The summed E-state index contributed by atoms with van der Waals surface area (Å²) in [6.07, 6.45) is 0. The molecule has 0 saturated carbocycles. The van der Waals surface area contributed by atoms with Gasteiger partial charge in [0, 0.05) is 6.54 Å². The van der Waals surface area contributed by atoms with Gasteiger partial charge in [-0.1, -0.05) is 13.8 Å². The molecule has 4 heteroatoms. The van der Waals surface area contributed by atoms with Crippen LogP contribution < -0.4 is 5.32 Å². The van der Waals surface area contributed by atoms with Crippen LogP contribution in [0.3, 0.4) is 0 Å². The van der Waals surface area contributed by atoms with E-state index in [1.165, 1.54) is 0 Å². The molecular formula is C10H16BrN3. The van der Waals surface area contributed by atoms with E-state index in [4.69, 9.17) is 0 Å². The lowest BCUT2D eigenvalue weighted by molar-refractivity contribution is 0.794. The molecule has 1 N–H and O–H groups in total. The lowest BCUT2D eigenvalue weighted by Crippen LogP contribution is -2.07. The van der Waals surface area contributed by atoms with Gasteiger partial charge in [0.1, 0.15) is 11.6 Å². The molecule has 0 bridgehead atoms. The lowest BCUT2D eigenvalue weighted by Gasteiger charge is -2.12. The Morgan fingerprint density at radius 2 is 2.00 bits per heavy atom. The molecule has 1 heterocycles. The monoisotopic (exact) mass is 257 g/mol. The van der Waals surface area contributed by atoms with E-state index in [0.29, 0.717) is 5.92 Å². The molecule has 0 atom stereocenters. The van der Waals surface area contributed by atoms with Crippen LogP contribution in [0, 0.1) is 6.92 Å². The molecule has 0 fully saturated rings. The summed E-state index contributed by atoms with van der Waals surface area (Å²) in [5, 5.41) is 3.21. The second-order valence-electron chi connectivity index (χ2n) is 3.50. The van der Waals surface area contributed by atoms with Crippen molar-refractivity contribution in [2.24, 2.45) is 0 Å². The van der Waals surface area contributed by atoms with Gasteiger partial charge in [-0.3, -0.25) is 0 Å². The maximum Gasteiger partial charge on any atom is 0.144 e. The van der Waals surface area contributed by atoms with Gasteiger partial charge in [0.2, 0.25) is 0 Å². The highest BCUT2D eigenvalue weighted by atomic mass is 79.9. The molecule has 14 heavy (non-hydrogen) atoms. The van der Waals surface area contributed by atoms with Crippen molar-refractivity contribution < 1.29 is 0 Å². The van der Waals surface area contributed by atoms with Crippen molar-refractivity contribution in [3.63, 3.8) is 0 Å². The molecule has 78 valence electrons. The fourth-order valence-corrected chi connectivity index (χ4v) is 2.02. The summed E-state index contributed by atoms with van der Waals surface area (Å²) in [6.45, 7) is 9.09. The number of nitrogens with one attached hydrogen (secondary N) is 1. The van der Waals surface area contributed by atoms with Crippen molar-refractivity contribution in [3.8, 4) is 0 Å². The largest absolute Gasteiger partial charge is 0.369 e. The standard InChI is InChI=1S/C10H16BrN3/c1-5-12-10-8(11)9(6(2)3)13-7(4)14-10/h6H,5H2,1-4H3,(H,12,13,14).